The zero-order valence-corrected chi connectivity index (χ0v) is 11.4. The van der Waals surface area contributed by atoms with Crippen LogP contribution in [-0.2, 0) is 10.0 Å². The van der Waals surface area contributed by atoms with Crippen molar-refractivity contribution in [2.75, 3.05) is 30.9 Å². The summed E-state index contributed by atoms with van der Waals surface area (Å²) in [7, 11) is -3.18. The third-order valence-corrected chi connectivity index (χ3v) is 4.24. The van der Waals surface area contributed by atoms with Crippen molar-refractivity contribution in [1.29, 1.82) is 5.41 Å². The number of rotatable bonds is 2. The average Bonchev–Trinajstić information content (AvgIpc) is 2.61. The number of nitrogens with one attached hydrogen (secondary N) is 1. The lowest BCUT2D eigenvalue weighted by atomic mass is 10.0. The molecule has 102 valence electrons. The normalized spacial score (nSPS) is 21.2. The van der Waals surface area contributed by atoms with Gasteiger partial charge in [0.1, 0.15) is 0 Å². The Labute approximate surface area is 105 Å². The fraction of sp³-hybridized carbons (Fsp3) is 0.778. The van der Waals surface area contributed by atoms with Crippen LogP contribution in [0, 0.1) is 5.41 Å². The van der Waals surface area contributed by atoms with E-state index in [1.165, 1.54) is 21.5 Å². The highest BCUT2D eigenvalue weighted by atomic mass is 32.2. The van der Waals surface area contributed by atoms with Gasteiger partial charge in [0.2, 0.25) is 10.0 Å². The molecule has 0 amide bonds. The van der Waals surface area contributed by atoms with Gasteiger partial charge in [0.15, 0.2) is 0 Å². The summed E-state index contributed by atoms with van der Waals surface area (Å²) in [4.78, 5) is 1.46. The molecule has 0 unspecified atom stereocenters. The molecule has 0 saturated carbocycles. The summed E-state index contributed by atoms with van der Waals surface area (Å²) in [6, 6.07) is 0. The molecule has 1 aliphatic heterocycles. The van der Waals surface area contributed by atoms with Crippen molar-refractivity contribution in [2.45, 2.75) is 19.4 Å². The zero-order valence-electron chi connectivity index (χ0n) is 10.6. The molecule has 0 bridgehead atoms. The molecule has 0 aromatic carbocycles. The Morgan fingerprint density at radius 2 is 2.17 bits per heavy atom. The fourth-order valence-electron chi connectivity index (χ4n) is 2.12. The van der Waals surface area contributed by atoms with Crippen molar-refractivity contribution in [3.05, 3.63) is 11.8 Å². The minimum absolute atomic E-state index is 0.0312. The zero-order chi connectivity index (χ0) is 13.6. The van der Waals surface area contributed by atoms with E-state index in [9.17, 15) is 8.42 Å². The molecule has 18 heavy (non-hydrogen) atoms. The van der Waals surface area contributed by atoms with Crippen LogP contribution in [0.15, 0.2) is 10.7 Å². The second-order valence-corrected chi connectivity index (χ2v) is 7.00. The molecular weight excluding hydrogens is 258 g/mol. The van der Waals surface area contributed by atoms with Crippen LogP contribution in [0.25, 0.3) is 0 Å². The molecule has 1 saturated heterocycles. The first-order chi connectivity index (χ1) is 8.20. The van der Waals surface area contributed by atoms with Crippen LogP contribution in [0.3, 0.4) is 0 Å². The van der Waals surface area contributed by atoms with Crippen molar-refractivity contribution in [3.8, 4) is 0 Å². The average molecular weight is 275 g/mol. The predicted molar refractivity (Wildman–Crippen MR) is 61.7 cm³/mol. The summed E-state index contributed by atoms with van der Waals surface area (Å²) in [5.41, 5.74) is -0.452. The van der Waals surface area contributed by atoms with Crippen LogP contribution >= 0.6 is 0 Å². The molecule has 1 aliphatic rings. The van der Waals surface area contributed by atoms with Gasteiger partial charge in [-0.05, 0) is 5.27 Å². The number of hydrogen-bond donors (Lipinski definition) is 1. The summed E-state index contributed by atoms with van der Waals surface area (Å²) in [5.74, 6) is 0. The highest BCUT2D eigenvalue weighted by Crippen LogP contribution is 2.18. The number of piperazine rings is 1. The first-order valence-electron chi connectivity index (χ1n) is 5.53. The van der Waals surface area contributed by atoms with Crippen LogP contribution in [0.5, 0.6) is 0 Å². The standard InChI is InChI=1S/C9H17N5O3S/c1-9(2)7-12(18(3,15)16)4-5-13(9)14-6-8(10)17-11-14/h6,10H,4-5,7H2,1-3H3. The van der Waals surface area contributed by atoms with Gasteiger partial charge in [0, 0.05) is 25.2 Å². The maximum atomic E-state index is 11.6. The van der Waals surface area contributed by atoms with Gasteiger partial charge in [-0.2, -0.15) is 0 Å². The first-order valence-corrected chi connectivity index (χ1v) is 7.38. The third kappa shape index (κ3) is 2.41. The Balaban J connectivity index is 2.25. The quantitative estimate of drug-likeness (QED) is 0.630. The summed E-state index contributed by atoms with van der Waals surface area (Å²) < 4.78 is 29.3. The van der Waals surface area contributed by atoms with Gasteiger partial charge in [-0.3, -0.25) is 10.4 Å². The van der Waals surface area contributed by atoms with Crippen LogP contribution in [0.4, 0.5) is 0 Å². The molecular formula is C9H17N5O3S. The fourth-order valence-corrected chi connectivity index (χ4v) is 3.08. The molecule has 2 heterocycles. The Morgan fingerprint density at radius 1 is 1.50 bits per heavy atom. The number of hydrogen-bond acceptors (Lipinski definition) is 5. The largest absolute Gasteiger partial charge is 0.380 e. The molecule has 0 spiro atoms. The number of sulfonamides is 1. The topological polar surface area (TPSA) is 95.6 Å². The van der Waals surface area contributed by atoms with E-state index in [1.807, 2.05) is 18.9 Å². The van der Waals surface area contributed by atoms with Crippen LogP contribution in [0.1, 0.15) is 13.8 Å². The summed E-state index contributed by atoms with van der Waals surface area (Å²) in [6.45, 7) is 5.12. The molecule has 2 rings (SSSR count). The number of aromatic nitrogens is 2. The molecule has 1 aromatic rings. The lowest BCUT2D eigenvalue weighted by Crippen LogP contribution is -2.75. The van der Waals surface area contributed by atoms with Crippen molar-refractivity contribution in [3.63, 3.8) is 0 Å². The summed E-state index contributed by atoms with van der Waals surface area (Å²) in [5, 5.41) is 12.9. The van der Waals surface area contributed by atoms with E-state index in [0.29, 0.717) is 19.6 Å². The van der Waals surface area contributed by atoms with E-state index in [-0.39, 0.29) is 5.55 Å². The first kappa shape index (κ1) is 13.1. The molecule has 9 heteroatoms. The monoisotopic (exact) mass is 275 g/mol. The Kier molecular flexibility index (Phi) is 2.98. The third-order valence-electron chi connectivity index (χ3n) is 3.00. The Bertz CT molecular complexity index is 587. The van der Waals surface area contributed by atoms with E-state index in [1.54, 1.807) is 0 Å². The van der Waals surface area contributed by atoms with Gasteiger partial charge < -0.3 is 4.52 Å². The second-order valence-electron chi connectivity index (χ2n) is 5.02. The predicted octanol–water partition coefficient (Wildman–Crippen LogP) is -2.00. The minimum atomic E-state index is -3.18. The molecule has 1 aromatic heterocycles. The van der Waals surface area contributed by atoms with Crippen LogP contribution in [0.2, 0.25) is 0 Å². The van der Waals surface area contributed by atoms with Crippen LogP contribution < -0.4 is 20.6 Å². The summed E-state index contributed by atoms with van der Waals surface area (Å²) in [6.07, 6.45) is 2.67. The minimum Gasteiger partial charge on any atom is -0.380 e. The highest BCUT2D eigenvalue weighted by Gasteiger charge is 2.37. The summed E-state index contributed by atoms with van der Waals surface area (Å²) >= 11 is 0. The molecule has 0 radical (unpaired) electrons. The van der Waals surface area contributed by atoms with Gasteiger partial charge in [0.25, 0.3) is 11.8 Å². The van der Waals surface area contributed by atoms with Crippen molar-refractivity contribution in [2.24, 2.45) is 0 Å². The molecule has 1 N–H and O–H groups in total. The Hall–Kier alpha value is -1.35. The maximum Gasteiger partial charge on any atom is 0.286 e. The molecule has 0 aliphatic carbocycles. The van der Waals surface area contributed by atoms with E-state index in [2.05, 4.69) is 5.27 Å². The van der Waals surface area contributed by atoms with Gasteiger partial charge in [-0.15, -0.1) is 0 Å². The van der Waals surface area contributed by atoms with Crippen molar-refractivity contribution in [1.82, 2.24) is 9.58 Å². The Morgan fingerprint density at radius 3 is 2.61 bits per heavy atom. The smallest absolute Gasteiger partial charge is 0.286 e. The van der Waals surface area contributed by atoms with E-state index in [0.717, 1.165) is 0 Å². The molecule has 0 atom stereocenters. The van der Waals surface area contributed by atoms with E-state index >= 15 is 0 Å². The molecule has 1 fully saturated rings. The molecule has 8 nitrogen and oxygen atoms in total. The van der Waals surface area contributed by atoms with Gasteiger partial charge in [-0.25, -0.2) is 12.7 Å². The van der Waals surface area contributed by atoms with Crippen molar-refractivity contribution >= 4 is 10.0 Å². The number of nitrogens with zero attached hydrogens (tertiary/aromatic N) is 4. The second kappa shape index (κ2) is 4.09. The van der Waals surface area contributed by atoms with Crippen LogP contribution in [-0.4, -0.2) is 44.2 Å². The SMILES string of the molecule is CC1(C)CN(S(C)(=O)=O)CCN1[n+]1cc(=N)o[n-]1. The van der Waals surface area contributed by atoms with Gasteiger partial charge in [0.05, 0.1) is 6.26 Å². The van der Waals surface area contributed by atoms with Gasteiger partial charge in [-0.1, -0.05) is 18.6 Å². The lowest BCUT2D eigenvalue weighted by Gasteiger charge is -2.46. The van der Waals surface area contributed by atoms with E-state index < -0.39 is 15.6 Å². The van der Waals surface area contributed by atoms with Crippen molar-refractivity contribution < 1.29 is 17.7 Å². The lowest BCUT2D eigenvalue weighted by molar-refractivity contribution is -0.771. The van der Waals surface area contributed by atoms with E-state index in [4.69, 9.17) is 9.93 Å². The highest BCUT2D eigenvalue weighted by molar-refractivity contribution is 7.88. The maximum absolute atomic E-state index is 11.6. The van der Waals surface area contributed by atoms with Gasteiger partial charge >= 0.3 is 0 Å².